The Labute approximate surface area is 220 Å². The summed E-state index contributed by atoms with van der Waals surface area (Å²) < 4.78 is 8.26. The molecule has 0 saturated carbocycles. The Kier molecular flexibility index (Phi) is 7.88. The van der Waals surface area contributed by atoms with Crippen LogP contribution < -0.4 is 9.64 Å². The number of rotatable bonds is 11. The lowest BCUT2D eigenvalue weighted by Gasteiger charge is -2.18. The van der Waals surface area contributed by atoms with E-state index in [9.17, 15) is 4.79 Å². The minimum atomic E-state index is 0.0866. The summed E-state index contributed by atoms with van der Waals surface area (Å²) in [4.78, 5) is 20.0. The summed E-state index contributed by atoms with van der Waals surface area (Å²) in [5.74, 6) is 2.21. The van der Waals surface area contributed by atoms with Crippen LogP contribution in [0.1, 0.15) is 61.9 Å². The smallest absolute Gasteiger partial charge is 0.227 e. The SMILES string of the molecule is CCCCc1ccc(N2CC(c3nc4ccccc4n3CCCCOc3ccc(C)cc3)CC2=O)cc1. The minimum Gasteiger partial charge on any atom is -0.494 e. The second-order valence-electron chi connectivity index (χ2n) is 10.2. The number of amides is 1. The van der Waals surface area contributed by atoms with Crippen molar-refractivity contribution in [3.8, 4) is 5.75 Å². The molecule has 1 aliphatic rings. The molecule has 1 atom stereocenters. The molecule has 5 nitrogen and oxygen atoms in total. The van der Waals surface area contributed by atoms with E-state index in [0.29, 0.717) is 19.6 Å². The van der Waals surface area contributed by atoms with Gasteiger partial charge >= 0.3 is 0 Å². The maximum atomic E-state index is 13.1. The highest BCUT2D eigenvalue weighted by Crippen LogP contribution is 2.33. The van der Waals surface area contributed by atoms with Crippen molar-refractivity contribution in [2.45, 2.75) is 64.8 Å². The zero-order valence-electron chi connectivity index (χ0n) is 22.0. The van der Waals surface area contributed by atoms with Crippen molar-refractivity contribution < 1.29 is 9.53 Å². The summed E-state index contributed by atoms with van der Waals surface area (Å²) in [6.07, 6.45) is 5.92. The molecule has 4 aromatic rings. The van der Waals surface area contributed by atoms with E-state index >= 15 is 0 Å². The minimum absolute atomic E-state index is 0.0866. The number of nitrogens with zero attached hydrogens (tertiary/aromatic N) is 3. The molecule has 1 fully saturated rings. The first kappa shape index (κ1) is 25.1. The summed E-state index contributed by atoms with van der Waals surface area (Å²) in [5, 5.41) is 0. The number of hydrogen-bond acceptors (Lipinski definition) is 3. The van der Waals surface area contributed by atoms with Gasteiger partial charge in [0.1, 0.15) is 11.6 Å². The third-order valence-electron chi connectivity index (χ3n) is 7.31. The molecule has 0 aliphatic carbocycles. The van der Waals surface area contributed by atoms with Crippen molar-refractivity contribution in [2.24, 2.45) is 0 Å². The summed E-state index contributed by atoms with van der Waals surface area (Å²) in [6, 6.07) is 25.0. The number of imidazole rings is 1. The summed E-state index contributed by atoms with van der Waals surface area (Å²) in [7, 11) is 0. The highest BCUT2D eigenvalue weighted by molar-refractivity contribution is 5.96. The lowest BCUT2D eigenvalue weighted by atomic mass is 10.1. The molecule has 1 amide bonds. The number of fused-ring (bicyclic) bond motifs is 1. The second kappa shape index (κ2) is 11.6. The molecule has 37 heavy (non-hydrogen) atoms. The fourth-order valence-corrected chi connectivity index (χ4v) is 5.19. The first-order chi connectivity index (χ1) is 18.1. The van der Waals surface area contributed by atoms with Gasteiger partial charge in [-0.15, -0.1) is 0 Å². The molecule has 1 aliphatic heterocycles. The Hall–Kier alpha value is -3.60. The zero-order valence-corrected chi connectivity index (χ0v) is 22.0. The molecular weight excluding hydrogens is 458 g/mol. The average Bonchev–Trinajstić information content (AvgIpc) is 3.49. The van der Waals surface area contributed by atoms with Crippen LogP contribution in [0.5, 0.6) is 5.75 Å². The summed E-state index contributed by atoms with van der Waals surface area (Å²) >= 11 is 0. The zero-order chi connectivity index (χ0) is 25.6. The highest BCUT2D eigenvalue weighted by Gasteiger charge is 2.34. The molecule has 0 bridgehead atoms. The number of anilines is 1. The van der Waals surface area contributed by atoms with Crippen LogP contribution >= 0.6 is 0 Å². The van der Waals surface area contributed by atoms with Gasteiger partial charge in [0.15, 0.2) is 0 Å². The summed E-state index contributed by atoms with van der Waals surface area (Å²) in [6.45, 7) is 6.52. The van der Waals surface area contributed by atoms with Crippen LogP contribution in [0.3, 0.4) is 0 Å². The van der Waals surface area contributed by atoms with Crippen molar-refractivity contribution in [1.29, 1.82) is 0 Å². The maximum absolute atomic E-state index is 13.1. The second-order valence-corrected chi connectivity index (χ2v) is 10.2. The van der Waals surface area contributed by atoms with E-state index in [1.54, 1.807) is 0 Å². The van der Waals surface area contributed by atoms with Gasteiger partial charge in [-0.2, -0.15) is 0 Å². The van der Waals surface area contributed by atoms with E-state index in [2.05, 4.69) is 73.0 Å². The predicted octanol–water partition coefficient (Wildman–Crippen LogP) is 7.07. The molecular formula is C32H37N3O2. The van der Waals surface area contributed by atoms with E-state index in [1.165, 1.54) is 24.0 Å². The van der Waals surface area contributed by atoms with Gasteiger partial charge in [0.2, 0.25) is 5.91 Å². The Morgan fingerprint density at radius 3 is 2.51 bits per heavy atom. The van der Waals surface area contributed by atoms with E-state index in [-0.39, 0.29) is 11.8 Å². The number of unbranched alkanes of at least 4 members (excludes halogenated alkanes) is 2. The van der Waals surface area contributed by atoms with Crippen LogP contribution in [-0.2, 0) is 17.8 Å². The Balaban J connectivity index is 1.26. The lowest BCUT2D eigenvalue weighted by molar-refractivity contribution is -0.117. The third kappa shape index (κ3) is 5.87. The van der Waals surface area contributed by atoms with E-state index in [4.69, 9.17) is 9.72 Å². The number of carbonyl (C=O) groups is 1. The van der Waals surface area contributed by atoms with Gasteiger partial charge in [-0.1, -0.05) is 55.3 Å². The number of aromatic nitrogens is 2. The number of para-hydroxylation sites is 2. The normalized spacial score (nSPS) is 15.6. The molecule has 2 heterocycles. The van der Waals surface area contributed by atoms with Gasteiger partial charge in [0.25, 0.3) is 0 Å². The van der Waals surface area contributed by atoms with Gasteiger partial charge in [0, 0.05) is 31.1 Å². The van der Waals surface area contributed by atoms with Crippen LogP contribution in [-0.4, -0.2) is 28.6 Å². The Morgan fingerprint density at radius 2 is 1.73 bits per heavy atom. The predicted molar refractivity (Wildman–Crippen MR) is 150 cm³/mol. The van der Waals surface area contributed by atoms with Crippen LogP contribution in [0.2, 0.25) is 0 Å². The van der Waals surface area contributed by atoms with Crippen molar-refractivity contribution in [2.75, 3.05) is 18.1 Å². The monoisotopic (exact) mass is 495 g/mol. The molecule has 1 aromatic heterocycles. The highest BCUT2D eigenvalue weighted by atomic mass is 16.5. The number of benzene rings is 3. The first-order valence-electron chi connectivity index (χ1n) is 13.7. The van der Waals surface area contributed by atoms with Crippen LogP contribution in [0.15, 0.2) is 72.8 Å². The molecule has 0 spiro atoms. The Morgan fingerprint density at radius 1 is 0.946 bits per heavy atom. The maximum Gasteiger partial charge on any atom is 0.227 e. The first-order valence-corrected chi connectivity index (χ1v) is 13.7. The van der Waals surface area contributed by atoms with Crippen molar-refractivity contribution in [3.05, 3.63) is 89.7 Å². The van der Waals surface area contributed by atoms with Crippen LogP contribution in [0.4, 0.5) is 5.69 Å². The number of aryl methyl sites for hydroxylation is 3. The number of hydrogen-bond donors (Lipinski definition) is 0. The third-order valence-corrected chi connectivity index (χ3v) is 7.31. The van der Waals surface area contributed by atoms with Gasteiger partial charge in [-0.25, -0.2) is 4.98 Å². The van der Waals surface area contributed by atoms with Crippen LogP contribution in [0.25, 0.3) is 11.0 Å². The van der Waals surface area contributed by atoms with Crippen molar-refractivity contribution in [1.82, 2.24) is 9.55 Å². The van der Waals surface area contributed by atoms with Gasteiger partial charge in [0.05, 0.1) is 17.6 Å². The summed E-state index contributed by atoms with van der Waals surface area (Å²) in [5.41, 5.74) is 5.70. The molecule has 0 N–H and O–H groups in total. The van der Waals surface area contributed by atoms with Gasteiger partial charge in [-0.05, 0) is 74.6 Å². The fraction of sp³-hybridized carbons (Fsp3) is 0.375. The molecule has 5 heteroatoms. The van der Waals surface area contributed by atoms with Gasteiger partial charge in [-0.3, -0.25) is 4.79 Å². The van der Waals surface area contributed by atoms with E-state index in [1.807, 2.05) is 23.1 Å². The topological polar surface area (TPSA) is 47.4 Å². The standard InChI is InChI=1S/C32H37N3O2/c1-3-4-9-25-14-16-27(17-15-25)35-23-26(22-31(35)36)32-33-29-10-5-6-11-30(29)34(32)20-7-8-21-37-28-18-12-24(2)13-19-28/h5-6,10-19,26H,3-4,7-9,20-23H2,1-2H3. The molecule has 1 saturated heterocycles. The largest absolute Gasteiger partial charge is 0.494 e. The van der Waals surface area contributed by atoms with Crippen molar-refractivity contribution >= 4 is 22.6 Å². The molecule has 3 aromatic carbocycles. The lowest BCUT2D eigenvalue weighted by Crippen LogP contribution is -2.24. The fourth-order valence-electron chi connectivity index (χ4n) is 5.19. The van der Waals surface area contributed by atoms with Crippen molar-refractivity contribution in [3.63, 3.8) is 0 Å². The molecule has 192 valence electrons. The molecule has 1 unspecified atom stereocenters. The molecule has 5 rings (SSSR count). The number of ether oxygens (including phenoxy) is 1. The quantitative estimate of drug-likeness (QED) is 0.209. The van der Waals surface area contributed by atoms with E-state index in [0.717, 1.165) is 54.1 Å². The molecule has 0 radical (unpaired) electrons. The number of carbonyl (C=O) groups excluding carboxylic acids is 1. The van der Waals surface area contributed by atoms with E-state index < -0.39 is 0 Å². The van der Waals surface area contributed by atoms with Gasteiger partial charge < -0.3 is 14.2 Å². The average molecular weight is 496 g/mol. The van der Waals surface area contributed by atoms with Crippen LogP contribution in [0, 0.1) is 6.92 Å². The Bertz CT molecular complexity index is 1320.